The van der Waals surface area contributed by atoms with Crippen LogP contribution in [0.15, 0.2) is 12.1 Å². The van der Waals surface area contributed by atoms with E-state index in [1.165, 1.54) is 6.42 Å². The maximum atomic E-state index is 6.11. The van der Waals surface area contributed by atoms with Crippen LogP contribution in [0.1, 0.15) is 31.7 Å². The molecule has 1 aromatic rings. The van der Waals surface area contributed by atoms with E-state index in [1.807, 2.05) is 0 Å². The summed E-state index contributed by atoms with van der Waals surface area (Å²) < 4.78 is 0. The largest absolute Gasteiger partial charge is 0.317 e. The second-order valence-corrected chi connectivity index (χ2v) is 5.31. The third kappa shape index (κ3) is 5.48. The Kier molecular flexibility index (Phi) is 7.29. The van der Waals surface area contributed by atoms with Crippen LogP contribution >= 0.6 is 34.8 Å². The number of nitrogens with one attached hydrogen (secondary N) is 1. The standard InChI is InChI=1S/C13H18Cl3N/c1-2-6-17-7-4-3-5-11-12(15)8-10(14)9-13(11)16/h8-9,17H,2-7H2,1H3. The molecule has 0 aromatic heterocycles. The molecule has 0 unspecified atom stereocenters. The summed E-state index contributed by atoms with van der Waals surface area (Å²) in [7, 11) is 0. The fourth-order valence-corrected chi connectivity index (χ4v) is 2.67. The van der Waals surface area contributed by atoms with Gasteiger partial charge in [-0.25, -0.2) is 0 Å². The Morgan fingerprint density at radius 2 is 1.65 bits per heavy atom. The first-order valence-corrected chi connectivity index (χ1v) is 7.12. The van der Waals surface area contributed by atoms with Gasteiger partial charge in [0.1, 0.15) is 0 Å². The highest BCUT2D eigenvalue weighted by Gasteiger charge is 2.07. The van der Waals surface area contributed by atoms with E-state index >= 15 is 0 Å². The minimum absolute atomic E-state index is 0.591. The first kappa shape index (κ1) is 15.1. The van der Waals surface area contributed by atoms with E-state index in [9.17, 15) is 0 Å². The first-order chi connectivity index (χ1) is 8.15. The van der Waals surface area contributed by atoms with E-state index in [-0.39, 0.29) is 0 Å². The zero-order valence-electron chi connectivity index (χ0n) is 10.0. The molecule has 0 aliphatic carbocycles. The van der Waals surface area contributed by atoms with Crippen molar-refractivity contribution in [2.45, 2.75) is 32.6 Å². The summed E-state index contributed by atoms with van der Waals surface area (Å²) in [5.41, 5.74) is 1.01. The molecule has 0 amide bonds. The first-order valence-electron chi connectivity index (χ1n) is 5.99. The number of rotatable bonds is 7. The topological polar surface area (TPSA) is 12.0 Å². The molecule has 17 heavy (non-hydrogen) atoms. The predicted octanol–water partition coefficient (Wildman–Crippen LogP) is 4.97. The summed E-state index contributed by atoms with van der Waals surface area (Å²) in [6.45, 7) is 4.30. The van der Waals surface area contributed by atoms with Crippen LogP contribution in [0.5, 0.6) is 0 Å². The van der Waals surface area contributed by atoms with Crippen molar-refractivity contribution in [2.24, 2.45) is 0 Å². The highest BCUT2D eigenvalue weighted by atomic mass is 35.5. The smallest absolute Gasteiger partial charge is 0.0467 e. The SMILES string of the molecule is CCCNCCCCc1c(Cl)cc(Cl)cc1Cl. The number of hydrogen-bond donors (Lipinski definition) is 1. The molecule has 1 N–H and O–H groups in total. The minimum Gasteiger partial charge on any atom is -0.317 e. The Morgan fingerprint density at radius 3 is 2.24 bits per heavy atom. The van der Waals surface area contributed by atoms with E-state index in [2.05, 4.69) is 12.2 Å². The summed E-state index contributed by atoms with van der Waals surface area (Å²) in [5, 5.41) is 5.30. The van der Waals surface area contributed by atoms with Crippen molar-refractivity contribution in [2.75, 3.05) is 13.1 Å². The molecule has 1 aromatic carbocycles. The van der Waals surface area contributed by atoms with Gasteiger partial charge in [0.2, 0.25) is 0 Å². The Balaban J connectivity index is 2.36. The van der Waals surface area contributed by atoms with E-state index < -0.39 is 0 Å². The van der Waals surface area contributed by atoms with Crippen LogP contribution in [-0.2, 0) is 6.42 Å². The summed E-state index contributed by atoms with van der Waals surface area (Å²) in [4.78, 5) is 0. The lowest BCUT2D eigenvalue weighted by atomic mass is 10.1. The van der Waals surface area contributed by atoms with Crippen molar-refractivity contribution in [1.82, 2.24) is 5.32 Å². The quantitative estimate of drug-likeness (QED) is 0.700. The maximum Gasteiger partial charge on any atom is 0.0467 e. The lowest BCUT2D eigenvalue weighted by Gasteiger charge is -2.08. The molecule has 0 spiro atoms. The van der Waals surface area contributed by atoms with Crippen molar-refractivity contribution in [3.05, 3.63) is 32.8 Å². The molecule has 0 fully saturated rings. The van der Waals surface area contributed by atoms with Crippen LogP contribution < -0.4 is 5.32 Å². The van der Waals surface area contributed by atoms with Crippen molar-refractivity contribution < 1.29 is 0 Å². The molecule has 0 aliphatic rings. The number of halogens is 3. The molecule has 0 saturated heterocycles. The maximum absolute atomic E-state index is 6.11. The molecule has 1 nitrogen and oxygen atoms in total. The highest BCUT2D eigenvalue weighted by Crippen LogP contribution is 2.30. The highest BCUT2D eigenvalue weighted by molar-refractivity contribution is 6.39. The van der Waals surface area contributed by atoms with E-state index in [1.54, 1.807) is 12.1 Å². The normalized spacial score (nSPS) is 10.8. The molecule has 96 valence electrons. The van der Waals surface area contributed by atoms with E-state index in [4.69, 9.17) is 34.8 Å². The van der Waals surface area contributed by atoms with Gasteiger partial charge in [-0.1, -0.05) is 41.7 Å². The van der Waals surface area contributed by atoms with Crippen LogP contribution in [0.2, 0.25) is 15.1 Å². The molecule has 1 rings (SSSR count). The zero-order valence-corrected chi connectivity index (χ0v) is 12.3. The fourth-order valence-electron chi connectivity index (χ4n) is 1.66. The Labute approximate surface area is 118 Å². The summed E-state index contributed by atoms with van der Waals surface area (Å²) in [6, 6.07) is 3.50. The number of benzene rings is 1. The van der Waals surface area contributed by atoms with Crippen LogP contribution in [-0.4, -0.2) is 13.1 Å². The summed E-state index contributed by atoms with van der Waals surface area (Å²) in [6.07, 6.45) is 4.30. The monoisotopic (exact) mass is 293 g/mol. The molecule has 0 aliphatic heterocycles. The Hall–Kier alpha value is 0.0500. The van der Waals surface area contributed by atoms with Gasteiger partial charge in [-0.05, 0) is 56.5 Å². The summed E-state index contributed by atoms with van der Waals surface area (Å²) >= 11 is 18.1. The van der Waals surface area contributed by atoms with Crippen LogP contribution in [0.4, 0.5) is 0 Å². The number of hydrogen-bond acceptors (Lipinski definition) is 1. The molecule has 0 saturated carbocycles. The zero-order chi connectivity index (χ0) is 12.7. The Morgan fingerprint density at radius 1 is 1.00 bits per heavy atom. The minimum atomic E-state index is 0.591. The van der Waals surface area contributed by atoms with Crippen LogP contribution in [0.3, 0.4) is 0 Å². The van der Waals surface area contributed by atoms with Crippen LogP contribution in [0.25, 0.3) is 0 Å². The van der Waals surface area contributed by atoms with Gasteiger partial charge in [-0.2, -0.15) is 0 Å². The van der Waals surface area contributed by atoms with E-state index in [0.717, 1.165) is 37.9 Å². The third-order valence-electron chi connectivity index (χ3n) is 2.56. The summed E-state index contributed by atoms with van der Waals surface area (Å²) in [5.74, 6) is 0. The van der Waals surface area contributed by atoms with Gasteiger partial charge in [0.25, 0.3) is 0 Å². The van der Waals surface area contributed by atoms with Crippen molar-refractivity contribution >= 4 is 34.8 Å². The van der Waals surface area contributed by atoms with E-state index in [0.29, 0.717) is 15.1 Å². The van der Waals surface area contributed by atoms with Gasteiger partial charge in [-0.15, -0.1) is 0 Å². The second kappa shape index (κ2) is 8.20. The predicted molar refractivity (Wildman–Crippen MR) is 77.6 cm³/mol. The van der Waals surface area contributed by atoms with Gasteiger partial charge >= 0.3 is 0 Å². The van der Waals surface area contributed by atoms with Crippen LogP contribution in [0, 0.1) is 0 Å². The fraction of sp³-hybridized carbons (Fsp3) is 0.538. The molecule has 0 heterocycles. The molecule has 4 heteroatoms. The molecular formula is C13H18Cl3N. The van der Waals surface area contributed by atoms with Gasteiger partial charge in [0.15, 0.2) is 0 Å². The van der Waals surface area contributed by atoms with Gasteiger partial charge < -0.3 is 5.32 Å². The molecular weight excluding hydrogens is 277 g/mol. The van der Waals surface area contributed by atoms with Gasteiger partial charge in [-0.3, -0.25) is 0 Å². The average molecular weight is 295 g/mol. The molecule has 0 radical (unpaired) electrons. The lowest BCUT2D eigenvalue weighted by Crippen LogP contribution is -2.15. The second-order valence-electron chi connectivity index (χ2n) is 4.06. The Bertz CT molecular complexity index is 330. The number of unbranched alkanes of at least 4 members (excludes halogenated alkanes) is 1. The van der Waals surface area contributed by atoms with Gasteiger partial charge in [0.05, 0.1) is 0 Å². The average Bonchev–Trinajstić information content (AvgIpc) is 2.26. The van der Waals surface area contributed by atoms with Gasteiger partial charge in [0, 0.05) is 15.1 Å². The van der Waals surface area contributed by atoms with Crippen molar-refractivity contribution in [3.8, 4) is 0 Å². The third-order valence-corrected chi connectivity index (χ3v) is 3.46. The van der Waals surface area contributed by atoms with Crippen molar-refractivity contribution in [1.29, 1.82) is 0 Å². The van der Waals surface area contributed by atoms with Crippen molar-refractivity contribution in [3.63, 3.8) is 0 Å². The molecule has 0 atom stereocenters. The molecule has 0 bridgehead atoms. The lowest BCUT2D eigenvalue weighted by molar-refractivity contribution is 0.617.